The minimum atomic E-state index is -0.936. The smallest absolute Gasteiger partial charge is 0.335 e. The van der Waals surface area contributed by atoms with Crippen LogP contribution in [0.15, 0.2) is 48.8 Å². The van der Waals surface area contributed by atoms with Gasteiger partial charge >= 0.3 is 5.97 Å². The number of carbonyl (C=O) groups excluding carboxylic acids is 1. The number of benzene rings is 2. The summed E-state index contributed by atoms with van der Waals surface area (Å²) in [5.74, 6) is -0.757. The number of carbonyl (C=O) groups is 2. The number of carboxylic acids is 1. The van der Waals surface area contributed by atoms with E-state index in [1.54, 1.807) is 24.5 Å². The highest BCUT2D eigenvalue weighted by Gasteiger charge is 2.26. The number of hydrogen-bond donors (Lipinski definition) is 2. The maximum atomic E-state index is 13.1. The number of piperidine rings is 1. The van der Waals surface area contributed by atoms with Gasteiger partial charge in [0.2, 0.25) is 0 Å². The van der Waals surface area contributed by atoms with Crippen LogP contribution in [0, 0.1) is 0 Å². The lowest BCUT2D eigenvalue weighted by Gasteiger charge is -2.33. The molecule has 0 aliphatic carbocycles. The number of nitrogens with zero attached hydrogens (tertiary/aromatic N) is 3. The first-order chi connectivity index (χ1) is 14.1. The van der Waals surface area contributed by atoms with Gasteiger partial charge in [-0.2, -0.15) is 0 Å². The summed E-state index contributed by atoms with van der Waals surface area (Å²) in [6.07, 6.45) is 3.55. The molecule has 1 fully saturated rings. The quantitative estimate of drug-likeness (QED) is 0.695. The second kappa shape index (κ2) is 8.05. The summed E-state index contributed by atoms with van der Waals surface area (Å²) in [6.45, 7) is 1.83. The fraction of sp³-hybridized carbons (Fsp3) is 0.318. The van der Waals surface area contributed by atoms with Crippen LogP contribution < -0.4 is 0 Å². The van der Waals surface area contributed by atoms with E-state index in [-0.39, 0.29) is 24.0 Å². The van der Waals surface area contributed by atoms with Crippen LogP contribution in [0.4, 0.5) is 0 Å². The lowest BCUT2D eigenvalue weighted by Crippen LogP contribution is -2.39. The Kier molecular flexibility index (Phi) is 5.31. The molecule has 1 unspecified atom stereocenters. The molecule has 7 nitrogen and oxygen atoms in total. The van der Waals surface area contributed by atoms with E-state index in [0.29, 0.717) is 25.2 Å². The summed E-state index contributed by atoms with van der Waals surface area (Å²) < 4.78 is 1.86. The van der Waals surface area contributed by atoms with Gasteiger partial charge in [0, 0.05) is 31.1 Å². The molecule has 2 heterocycles. The fourth-order valence-electron chi connectivity index (χ4n) is 4.00. The Morgan fingerprint density at radius 3 is 2.59 bits per heavy atom. The molecule has 4 rings (SSSR count). The van der Waals surface area contributed by atoms with Gasteiger partial charge in [-0.1, -0.05) is 12.1 Å². The number of carboxylic acid groups (broad SMARTS) is 1. The van der Waals surface area contributed by atoms with Gasteiger partial charge in [0.15, 0.2) is 0 Å². The molecule has 1 aliphatic rings. The molecule has 1 aromatic heterocycles. The first kappa shape index (κ1) is 19.1. The largest absolute Gasteiger partial charge is 0.478 e. The number of rotatable bonds is 5. The lowest BCUT2D eigenvalue weighted by molar-refractivity contribution is 0.0693. The van der Waals surface area contributed by atoms with Crippen LogP contribution in [0.2, 0.25) is 0 Å². The van der Waals surface area contributed by atoms with Gasteiger partial charge in [-0.05, 0) is 48.7 Å². The molecule has 1 amide bonds. The van der Waals surface area contributed by atoms with Crippen LogP contribution in [0.3, 0.4) is 0 Å². The van der Waals surface area contributed by atoms with E-state index in [2.05, 4.69) is 4.98 Å². The molecule has 1 saturated heterocycles. The molecule has 0 saturated carbocycles. The molecular formula is C22H23N3O4. The lowest BCUT2D eigenvalue weighted by atomic mass is 9.90. The van der Waals surface area contributed by atoms with Crippen molar-refractivity contribution in [3.8, 4) is 0 Å². The van der Waals surface area contributed by atoms with Crippen LogP contribution in [0.5, 0.6) is 0 Å². The Morgan fingerprint density at radius 1 is 1.10 bits per heavy atom. The van der Waals surface area contributed by atoms with E-state index in [0.717, 1.165) is 29.4 Å². The molecule has 7 heteroatoms. The number of hydrogen-bond acceptors (Lipinski definition) is 4. The molecule has 2 N–H and O–H groups in total. The van der Waals surface area contributed by atoms with Gasteiger partial charge < -0.3 is 19.7 Å². The van der Waals surface area contributed by atoms with Gasteiger partial charge in [-0.15, -0.1) is 0 Å². The van der Waals surface area contributed by atoms with Crippen LogP contribution in [0.25, 0.3) is 11.0 Å². The van der Waals surface area contributed by atoms with Crippen molar-refractivity contribution in [1.29, 1.82) is 0 Å². The van der Waals surface area contributed by atoms with E-state index in [9.17, 15) is 9.59 Å². The Bertz CT molecular complexity index is 1040. The highest BCUT2D eigenvalue weighted by atomic mass is 16.4. The van der Waals surface area contributed by atoms with E-state index in [1.165, 1.54) is 0 Å². The van der Waals surface area contributed by atoms with Gasteiger partial charge in [-0.3, -0.25) is 4.79 Å². The molecule has 0 bridgehead atoms. The summed E-state index contributed by atoms with van der Waals surface area (Å²) in [4.78, 5) is 30.3. The average Bonchev–Trinajstić information content (AvgIpc) is 3.16. The summed E-state index contributed by atoms with van der Waals surface area (Å²) in [6, 6.07) is 12.4. The molecule has 1 aliphatic heterocycles. The van der Waals surface area contributed by atoms with Gasteiger partial charge in [0.05, 0.1) is 29.5 Å². The maximum Gasteiger partial charge on any atom is 0.335 e. The third kappa shape index (κ3) is 3.86. The second-order valence-corrected chi connectivity index (χ2v) is 7.38. The monoisotopic (exact) mass is 393 g/mol. The topological polar surface area (TPSA) is 95.7 Å². The number of imidazole rings is 1. The van der Waals surface area contributed by atoms with Crippen molar-refractivity contribution >= 4 is 22.9 Å². The van der Waals surface area contributed by atoms with Crippen molar-refractivity contribution in [3.63, 3.8) is 0 Å². The van der Waals surface area contributed by atoms with Crippen molar-refractivity contribution in [2.75, 3.05) is 19.7 Å². The van der Waals surface area contributed by atoms with E-state index < -0.39 is 5.97 Å². The van der Waals surface area contributed by atoms with Crippen molar-refractivity contribution in [2.45, 2.75) is 25.3 Å². The standard InChI is InChI=1S/C22H23N3O4/c26-11-10-25-14-23-19-12-17(7-8-20(19)25)21(27)24-9-1-2-18(13-24)15-3-5-16(6-4-15)22(28)29/h3-8,12,14,18,26H,1-2,9-11,13H2,(H,28,29). The number of amides is 1. The molecule has 3 aromatic rings. The summed E-state index contributed by atoms with van der Waals surface area (Å²) in [5, 5.41) is 18.2. The Labute approximate surface area is 168 Å². The van der Waals surface area contributed by atoms with Crippen LogP contribution in [-0.2, 0) is 6.54 Å². The molecule has 150 valence electrons. The van der Waals surface area contributed by atoms with Gasteiger partial charge in [0.1, 0.15) is 0 Å². The zero-order valence-corrected chi connectivity index (χ0v) is 16.0. The highest BCUT2D eigenvalue weighted by molar-refractivity contribution is 5.97. The number of likely N-dealkylation sites (tertiary alicyclic amines) is 1. The predicted molar refractivity (Wildman–Crippen MR) is 108 cm³/mol. The predicted octanol–water partition coefficient (Wildman–Crippen LogP) is 2.75. The molecule has 0 radical (unpaired) electrons. The molecular weight excluding hydrogens is 370 g/mol. The maximum absolute atomic E-state index is 13.1. The third-order valence-corrected chi connectivity index (χ3v) is 5.55. The number of aliphatic hydroxyl groups excluding tert-OH is 1. The number of aromatic carboxylic acids is 1. The van der Waals surface area contributed by atoms with Crippen molar-refractivity contribution in [2.24, 2.45) is 0 Å². The van der Waals surface area contributed by atoms with Gasteiger partial charge in [0.25, 0.3) is 5.91 Å². The second-order valence-electron chi connectivity index (χ2n) is 7.38. The normalized spacial score (nSPS) is 16.9. The van der Waals surface area contributed by atoms with E-state index in [4.69, 9.17) is 10.2 Å². The van der Waals surface area contributed by atoms with Crippen molar-refractivity contribution in [1.82, 2.24) is 14.5 Å². The van der Waals surface area contributed by atoms with E-state index >= 15 is 0 Å². The number of aliphatic hydroxyl groups is 1. The third-order valence-electron chi connectivity index (χ3n) is 5.55. The van der Waals surface area contributed by atoms with E-state index in [1.807, 2.05) is 33.7 Å². The Morgan fingerprint density at radius 2 is 1.86 bits per heavy atom. The summed E-state index contributed by atoms with van der Waals surface area (Å²) >= 11 is 0. The van der Waals surface area contributed by atoms with Crippen molar-refractivity contribution < 1.29 is 19.8 Å². The minimum Gasteiger partial charge on any atom is -0.478 e. The molecule has 1 atom stereocenters. The van der Waals surface area contributed by atoms with Gasteiger partial charge in [-0.25, -0.2) is 9.78 Å². The first-order valence-corrected chi connectivity index (χ1v) is 9.75. The van der Waals surface area contributed by atoms with Crippen LogP contribution >= 0.6 is 0 Å². The zero-order chi connectivity index (χ0) is 20.4. The Balaban J connectivity index is 1.51. The first-order valence-electron chi connectivity index (χ1n) is 9.75. The highest BCUT2D eigenvalue weighted by Crippen LogP contribution is 2.28. The Hall–Kier alpha value is -3.19. The molecule has 29 heavy (non-hydrogen) atoms. The summed E-state index contributed by atoms with van der Waals surface area (Å²) in [7, 11) is 0. The van der Waals surface area contributed by atoms with Crippen LogP contribution in [0.1, 0.15) is 45.0 Å². The van der Waals surface area contributed by atoms with Crippen LogP contribution in [-0.4, -0.2) is 56.2 Å². The zero-order valence-electron chi connectivity index (χ0n) is 16.0. The number of fused-ring (bicyclic) bond motifs is 1. The fourth-order valence-corrected chi connectivity index (χ4v) is 4.00. The SMILES string of the molecule is O=C(O)c1ccc(C2CCCN(C(=O)c3ccc4c(c3)ncn4CCO)C2)cc1. The minimum absolute atomic E-state index is 0.0181. The number of aromatic nitrogens is 2. The molecule has 2 aromatic carbocycles. The van der Waals surface area contributed by atoms with Crippen molar-refractivity contribution in [3.05, 3.63) is 65.5 Å². The average molecular weight is 393 g/mol. The summed E-state index contributed by atoms with van der Waals surface area (Å²) in [5.41, 5.74) is 3.57. The molecule has 0 spiro atoms.